The molecule has 5 nitrogen and oxygen atoms in total. The molecule has 0 aromatic heterocycles. The first kappa shape index (κ1) is 9.26. The minimum Gasteiger partial charge on any atom is -0.398 e. The smallest absolute Gasteiger partial charge is 0.326 e. The van der Waals surface area contributed by atoms with Crippen LogP contribution in [0.5, 0.6) is 0 Å². The molecule has 1 aromatic rings. The number of carbonyl (C=O) groups excluding carboxylic acids is 2. The standard InChI is InChI=1S/C10H9N3O2/c11-7-4-2-1-3-6(7)5-8-9(14)13-10(15)12-8/h1-5H,11H2,(H2,12,13,14,15)/b8-5-. The highest BCUT2D eigenvalue weighted by atomic mass is 16.2. The molecule has 1 saturated heterocycles. The van der Waals surface area contributed by atoms with Gasteiger partial charge in [-0.05, 0) is 17.7 Å². The molecule has 0 atom stereocenters. The molecule has 1 heterocycles. The van der Waals surface area contributed by atoms with Gasteiger partial charge in [0, 0.05) is 5.69 Å². The lowest BCUT2D eigenvalue weighted by Gasteiger charge is -1.99. The predicted octanol–water partition coefficient (Wildman–Crippen LogP) is 0.449. The van der Waals surface area contributed by atoms with Gasteiger partial charge in [0.25, 0.3) is 5.91 Å². The number of hydrogen-bond donors (Lipinski definition) is 3. The van der Waals surface area contributed by atoms with Crippen LogP contribution in [0.2, 0.25) is 0 Å². The van der Waals surface area contributed by atoms with Crippen molar-refractivity contribution in [1.82, 2.24) is 10.6 Å². The van der Waals surface area contributed by atoms with Crippen molar-refractivity contribution in [2.24, 2.45) is 0 Å². The van der Waals surface area contributed by atoms with Crippen LogP contribution in [-0.4, -0.2) is 11.9 Å². The molecule has 0 radical (unpaired) electrons. The van der Waals surface area contributed by atoms with Gasteiger partial charge in [-0.25, -0.2) is 4.79 Å². The van der Waals surface area contributed by atoms with Crippen LogP contribution in [0.4, 0.5) is 10.5 Å². The zero-order valence-corrected chi connectivity index (χ0v) is 7.78. The number of benzene rings is 1. The van der Waals surface area contributed by atoms with Crippen molar-refractivity contribution in [3.63, 3.8) is 0 Å². The summed E-state index contributed by atoms with van der Waals surface area (Å²) < 4.78 is 0. The van der Waals surface area contributed by atoms with Crippen LogP contribution < -0.4 is 16.4 Å². The number of nitrogen functional groups attached to an aromatic ring is 1. The van der Waals surface area contributed by atoms with E-state index in [1.165, 1.54) is 6.08 Å². The third-order valence-electron chi connectivity index (χ3n) is 2.02. The van der Waals surface area contributed by atoms with Gasteiger partial charge in [-0.1, -0.05) is 18.2 Å². The summed E-state index contributed by atoms with van der Waals surface area (Å²) in [6, 6.07) is 6.57. The Kier molecular flexibility index (Phi) is 2.13. The third kappa shape index (κ3) is 1.80. The summed E-state index contributed by atoms with van der Waals surface area (Å²) in [4.78, 5) is 22.0. The third-order valence-corrected chi connectivity index (χ3v) is 2.02. The number of anilines is 1. The van der Waals surface area contributed by atoms with Gasteiger partial charge in [0.05, 0.1) is 0 Å². The quantitative estimate of drug-likeness (QED) is 0.352. The normalized spacial score (nSPS) is 17.7. The van der Waals surface area contributed by atoms with Crippen molar-refractivity contribution in [1.29, 1.82) is 0 Å². The topological polar surface area (TPSA) is 84.2 Å². The zero-order valence-electron chi connectivity index (χ0n) is 7.78. The van der Waals surface area contributed by atoms with E-state index in [1.54, 1.807) is 24.3 Å². The molecule has 3 amide bonds. The Labute approximate surface area is 86.0 Å². The summed E-state index contributed by atoms with van der Waals surface area (Å²) >= 11 is 0. The summed E-state index contributed by atoms with van der Waals surface area (Å²) in [6.07, 6.45) is 1.54. The Morgan fingerprint density at radius 1 is 1.13 bits per heavy atom. The van der Waals surface area contributed by atoms with Gasteiger partial charge < -0.3 is 11.1 Å². The molecule has 1 aromatic carbocycles. The van der Waals surface area contributed by atoms with Crippen LogP contribution in [0.3, 0.4) is 0 Å². The van der Waals surface area contributed by atoms with Gasteiger partial charge in [0.1, 0.15) is 5.70 Å². The number of nitrogens with two attached hydrogens (primary N) is 1. The fraction of sp³-hybridized carbons (Fsp3) is 0. The first-order valence-electron chi connectivity index (χ1n) is 4.35. The molecule has 2 rings (SSSR count). The van der Waals surface area contributed by atoms with Gasteiger partial charge >= 0.3 is 6.03 Å². The van der Waals surface area contributed by atoms with Crippen LogP contribution in [0.1, 0.15) is 5.56 Å². The lowest BCUT2D eigenvalue weighted by Crippen LogP contribution is -2.22. The van der Waals surface area contributed by atoms with Crippen LogP contribution in [0, 0.1) is 0 Å². The number of rotatable bonds is 1. The molecule has 1 aliphatic rings. The molecule has 1 aliphatic heterocycles. The average Bonchev–Trinajstić information content (AvgIpc) is 2.49. The summed E-state index contributed by atoms with van der Waals surface area (Å²) in [5, 5.41) is 4.49. The predicted molar refractivity (Wildman–Crippen MR) is 55.5 cm³/mol. The highest BCUT2D eigenvalue weighted by molar-refractivity contribution is 6.14. The van der Waals surface area contributed by atoms with E-state index in [-0.39, 0.29) is 5.70 Å². The largest absolute Gasteiger partial charge is 0.398 e. The van der Waals surface area contributed by atoms with E-state index < -0.39 is 11.9 Å². The minimum absolute atomic E-state index is 0.206. The lowest BCUT2D eigenvalue weighted by atomic mass is 10.1. The van der Waals surface area contributed by atoms with Crippen LogP contribution >= 0.6 is 0 Å². The molecule has 0 bridgehead atoms. The molecule has 5 heteroatoms. The molecule has 0 aliphatic carbocycles. The van der Waals surface area contributed by atoms with Crippen LogP contribution in [0.15, 0.2) is 30.0 Å². The van der Waals surface area contributed by atoms with Gasteiger partial charge in [0.15, 0.2) is 0 Å². The first-order chi connectivity index (χ1) is 7.16. The minimum atomic E-state index is -0.513. The van der Waals surface area contributed by atoms with E-state index in [1.807, 2.05) is 0 Å². The van der Waals surface area contributed by atoms with Crippen molar-refractivity contribution >= 4 is 23.7 Å². The second-order valence-corrected chi connectivity index (χ2v) is 3.10. The number of urea groups is 1. The van der Waals surface area contributed by atoms with Gasteiger partial charge in [-0.3, -0.25) is 10.1 Å². The molecule has 76 valence electrons. The van der Waals surface area contributed by atoms with E-state index in [0.717, 1.165) is 0 Å². The van der Waals surface area contributed by atoms with Gasteiger partial charge in [-0.2, -0.15) is 0 Å². The molecule has 0 unspecified atom stereocenters. The summed E-state index contributed by atoms with van der Waals surface area (Å²) in [5.41, 5.74) is 7.15. The number of amides is 3. The Bertz CT molecular complexity index is 465. The maximum Gasteiger partial charge on any atom is 0.326 e. The fourth-order valence-electron chi connectivity index (χ4n) is 1.28. The van der Waals surface area contributed by atoms with Crippen molar-refractivity contribution in [3.05, 3.63) is 35.5 Å². The van der Waals surface area contributed by atoms with Gasteiger partial charge in [-0.15, -0.1) is 0 Å². The van der Waals surface area contributed by atoms with E-state index in [0.29, 0.717) is 11.3 Å². The number of hydrogen-bond acceptors (Lipinski definition) is 3. The lowest BCUT2D eigenvalue weighted by molar-refractivity contribution is -0.115. The summed E-state index contributed by atoms with van der Waals surface area (Å²) in [6.45, 7) is 0. The number of nitrogens with one attached hydrogen (secondary N) is 2. The maximum atomic E-state index is 11.2. The number of para-hydroxylation sites is 1. The van der Waals surface area contributed by atoms with Crippen LogP contribution in [0.25, 0.3) is 6.08 Å². The van der Waals surface area contributed by atoms with E-state index in [4.69, 9.17) is 5.73 Å². The van der Waals surface area contributed by atoms with Crippen molar-refractivity contribution < 1.29 is 9.59 Å². The van der Waals surface area contributed by atoms with Crippen molar-refractivity contribution in [2.45, 2.75) is 0 Å². The van der Waals surface area contributed by atoms with E-state index in [2.05, 4.69) is 10.6 Å². The summed E-state index contributed by atoms with van der Waals surface area (Å²) in [7, 11) is 0. The molecular weight excluding hydrogens is 194 g/mol. The first-order valence-corrected chi connectivity index (χ1v) is 4.35. The fourth-order valence-corrected chi connectivity index (χ4v) is 1.28. The maximum absolute atomic E-state index is 11.2. The second kappa shape index (κ2) is 3.45. The Morgan fingerprint density at radius 2 is 1.87 bits per heavy atom. The Morgan fingerprint density at radius 3 is 2.47 bits per heavy atom. The van der Waals surface area contributed by atoms with E-state index >= 15 is 0 Å². The van der Waals surface area contributed by atoms with Crippen molar-refractivity contribution in [2.75, 3.05) is 5.73 Å². The number of imide groups is 1. The molecule has 0 spiro atoms. The number of carbonyl (C=O) groups is 2. The Hall–Kier alpha value is -2.30. The van der Waals surface area contributed by atoms with Crippen molar-refractivity contribution in [3.8, 4) is 0 Å². The highest BCUT2D eigenvalue weighted by Gasteiger charge is 2.22. The molecular formula is C10H9N3O2. The Balaban J connectivity index is 2.35. The molecule has 15 heavy (non-hydrogen) atoms. The SMILES string of the molecule is Nc1ccccc1/C=C1\NC(=O)NC1=O. The molecule has 0 saturated carbocycles. The average molecular weight is 203 g/mol. The van der Waals surface area contributed by atoms with E-state index in [9.17, 15) is 9.59 Å². The second-order valence-electron chi connectivity index (χ2n) is 3.10. The highest BCUT2D eigenvalue weighted by Crippen LogP contribution is 2.14. The monoisotopic (exact) mass is 203 g/mol. The van der Waals surface area contributed by atoms with Gasteiger partial charge in [0.2, 0.25) is 0 Å². The van der Waals surface area contributed by atoms with Crippen LogP contribution in [-0.2, 0) is 4.79 Å². The zero-order chi connectivity index (χ0) is 10.8. The molecule has 1 fully saturated rings. The molecule has 4 N–H and O–H groups in total. The summed E-state index contributed by atoms with van der Waals surface area (Å²) in [5.74, 6) is -0.441.